The summed E-state index contributed by atoms with van der Waals surface area (Å²) in [6, 6.07) is 3.12. The molecule has 10 heteroatoms. The zero-order valence-electron chi connectivity index (χ0n) is 24.2. The molecule has 0 aliphatic heterocycles. The highest BCUT2D eigenvalue weighted by atomic mass is 16.7. The number of rotatable bonds is 16. The zero-order valence-corrected chi connectivity index (χ0v) is 24.2. The number of ether oxygens (including phenoxy) is 4. The lowest BCUT2D eigenvalue weighted by molar-refractivity contribution is -0.139. The molecule has 0 bridgehead atoms. The van der Waals surface area contributed by atoms with E-state index in [9.17, 15) is 24.3 Å². The summed E-state index contributed by atoms with van der Waals surface area (Å²) in [5, 5.41) is 9.69. The fraction of sp³-hybridized carbons (Fsp3) is 0.655. The first-order chi connectivity index (χ1) is 18.2. The summed E-state index contributed by atoms with van der Waals surface area (Å²) in [4.78, 5) is 48.9. The molecule has 0 fully saturated rings. The lowest BCUT2D eigenvalue weighted by Crippen LogP contribution is -2.40. The largest absolute Gasteiger partial charge is 0.508 e. The molecule has 0 aliphatic rings. The average molecular weight is 552 g/mol. The minimum atomic E-state index is -1.36. The second-order valence-electron chi connectivity index (χ2n) is 10.8. The third-order valence-corrected chi connectivity index (χ3v) is 6.27. The Labute approximate surface area is 231 Å². The molecule has 3 unspecified atom stereocenters. The predicted molar refractivity (Wildman–Crippen MR) is 146 cm³/mol. The number of nitrogens with two attached hydrogens (primary N) is 1. The molecule has 39 heavy (non-hydrogen) atoms. The molecule has 0 saturated heterocycles. The topological polar surface area (TPSA) is 151 Å². The first kappa shape index (κ1) is 33.9. The molecule has 1 aromatic carbocycles. The molecule has 0 radical (unpaired) electrons. The van der Waals surface area contributed by atoms with Crippen LogP contribution in [-0.4, -0.2) is 47.9 Å². The van der Waals surface area contributed by atoms with Crippen molar-refractivity contribution >= 4 is 24.1 Å². The molecule has 0 heterocycles. The van der Waals surface area contributed by atoms with Crippen molar-refractivity contribution in [2.75, 3.05) is 6.61 Å². The lowest BCUT2D eigenvalue weighted by atomic mass is 9.82. The smallest absolute Gasteiger partial charge is 0.480 e. The van der Waals surface area contributed by atoms with Crippen molar-refractivity contribution in [3.05, 3.63) is 23.8 Å². The van der Waals surface area contributed by atoms with Crippen LogP contribution in [0.5, 0.6) is 11.5 Å². The Balaban J connectivity index is 3.30. The molecule has 0 aliphatic carbocycles. The molecule has 220 valence electrons. The first-order valence-electron chi connectivity index (χ1n) is 13.6. The van der Waals surface area contributed by atoms with E-state index in [0.717, 1.165) is 0 Å². The molecule has 4 atom stereocenters. The monoisotopic (exact) mass is 551 g/mol. The number of carboxylic acid groups (broad SMARTS) is 1. The van der Waals surface area contributed by atoms with Gasteiger partial charge in [-0.25, -0.2) is 4.79 Å². The van der Waals surface area contributed by atoms with E-state index in [1.54, 1.807) is 19.9 Å². The molecule has 0 amide bonds. The van der Waals surface area contributed by atoms with Gasteiger partial charge in [0.25, 0.3) is 0 Å². The highest BCUT2D eigenvalue weighted by Gasteiger charge is 2.33. The van der Waals surface area contributed by atoms with Crippen molar-refractivity contribution < 1.29 is 43.2 Å². The minimum Gasteiger partial charge on any atom is -0.480 e. The van der Waals surface area contributed by atoms with Gasteiger partial charge in [0.05, 0.1) is 6.61 Å². The maximum atomic E-state index is 12.6. The van der Waals surface area contributed by atoms with Crippen LogP contribution in [0, 0.1) is 17.8 Å². The van der Waals surface area contributed by atoms with Crippen molar-refractivity contribution in [3.8, 4) is 11.5 Å². The number of hydrogen-bond donors (Lipinski definition) is 2. The van der Waals surface area contributed by atoms with Crippen LogP contribution in [0.15, 0.2) is 18.2 Å². The van der Waals surface area contributed by atoms with Crippen LogP contribution >= 0.6 is 0 Å². The number of hydrogen-bond acceptors (Lipinski definition) is 9. The molecule has 1 aromatic rings. The summed E-state index contributed by atoms with van der Waals surface area (Å²) in [7, 11) is 0. The van der Waals surface area contributed by atoms with E-state index in [0.29, 0.717) is 30.7 Å². The van der Waals surface area contributed by atoms with Gasteiger partial charge in [-0.15, -0.1) is 0 Å². The van der Waals surface area contributed by atoms with Crippen LogP contribution in [0.25, 0.3) is 0 Å². The van der Waals surface area contributed by atoms with Gasteiger partial charge in [0.1, 0.15) is 12.1 Å². The zero-order chi connectivity index (χ0) is 29.7. The van der Waals surface area contributed by atoms with E-state index in [4.69, 9.17) is 24.7 Å². The molecule has 0 aromatic heterocycles. The number of carbonyl (C=O) groups excluding carboxylic acids is 3. The molecule has 1 rings (SSSR count). The minimum absolute atomic E-state index is 0.00830. The van der Waals surface area contributed by atoms with Crippen molar-refractivity contribution in [2.45, 2.75) is 98.6 Å². The van der Waals surface area contributed by atoms with Gasteiger partial charge in [-0.2, -0.15) is 0 Å². The molecular formula is C29H45NO9. The second-order valence-corrected chi connectivity index (χ2v) is 10.8. The van der Waals surface area contributed by atoms with Gasteiger partial charge in [0.2, 0.25) is 0 Å². The Morgan fingerprint density at radius 2 is 1.41 bits per heavy atom. The Bertz CT molecular complexity index is 960. The second kappa shape index (κ2) is 16.7. The molecule has 10 nitrogen and oxygen atoms in total. The summed E-state index contributed by atoms with van der Waals surface area (Å²) in [6.45, 7) is 13.1. The average Bonchev–Trinajstić information content (AvgIpc) is 2.86. The summed E-state index contributed by atoms with van der Waals surface area (Å²) in [5.74, 6) is -3.00. The van der Waals surface area contributed by atoms with Gasteiger partial charge in [0.15, 0.2) is 11.5 Å². The van der Waals surface area contributed by atoms with Crippen molar-refractivity contribution in [2.24, 2.45) is 23.5 Å². The Morgan fingerprint density at radius 3 is 1.90 bits per heavy atom. The van der Waals surface area contributed by atoms with E-state index >= 15 is 0 Å². The first-order valence-corrected chi connectivity index (χ1v) is 13.6. The van der Waals surface area contributed by atoms with Gasteiger partial charge >= 0.3 is 24.1 Å². The maximum Gasteiger partial charge on any atom is 0.508 e. The summed E-state index contributed by atoms with van der Waals surface area (Å²) in [6.07, 6.45) is 1.01. The van der Waals surface area contributed by atoms with Gasteiger partial charge < -0.3 is 29.8 Å². The SMILES string of the molecule is CCC(C)OC(=O)OCC(C)C(c1ccc(OC(=O)CCC(C)C)c(OC(=O)CCC(C)C)c1)[C@H](N)C(=O)O. The number of carbonyl (C=O) groups is 4. The van der Waals surface area contributed by atoms with E-state index in [1.807, 2.05) is 34.6 Å². The van der Waals surface area contributed by atoms with Crippen molar-refractivity contribution in [1.29, 1.82) is 0 Å². The lowest BCUT2D eigenvalue weighted by Gasteiger charge is -2.28. The van der Waals surface area contributed by atoms with Crippen LogP contribution in [0.2, 0.25) is 0 Å². The standard InChI is InChI=1S/C29H45NO9/c1-8-20(7)37-29(35)36-16-19(6)26(27(30)28(33)34)21-11-12-22(38-24(31)13-9-17(2)3)23(15-21)39-25(32)14-10-18(4)5/h11-12,15,17-20,26-27H,8-10,13-14,16,30H2,1-7H3,(H,33,34)/t19?,20?,26?,27-/m0/s1. The van der Waals surface area contributed by atoms with Gasteiger partial charge in [-0.1, -0.05) is 47.6 Å². The van der Waals surface area contributed by atoms with E-state index in [-0.39, 0.29) is 43.0 Å². The van der Waals surface area contributed by atoms with Gasteiger partial charge in [0, 0.05) is 18.8 Å². The quantitative estimate of drug-likeness (QED) is 0.200. The third kappa shape index (κ3) is 12.5. The van der Waals surface area contributed by atoms with Crippen LogP contribution in [-0.2, 0) is 23.9 Å². The molecular weight excluding hydrogens is 506 g/mol. The Kier molecular flexibility index (Phi) is 14.5. The van der Waals surface area contributed by atoms with Crippen LogP contribution < -0.4 is 15.2 Å². The Morgan fingerprint density at radius 1 is 0.872 bits per heavy atom. The van der Waals surface area contributed by atoms with E-state index < -0.39 is 41.9 Å². The highest BCUT2D eigenvalue weighted by Crippen LogP contribution is 2.36. The van der Waals surface area contributed by atoms with E-state index in [2.05, 4.69) is 0 Å². The summed E-state index contributed by atoms with van der Waals surface area (Å²) >= 11 is 0. The van der Waals surface area contributed by atoms with Crippen LogP contribution in [0.3, 0.4) is 0 Å². The summed E-state index contributed by atoms with van der Waals surface area (Å²) < 4.78 is 21.4. The predicted octanol–water partition coefficient (Wildman–Crippen LogP) is 5.45. The van der Waals surface area contributed by atoms with Crippen LogP contribution in [0.1, 0.15) is 92.1 Å². The fourth-order valence-electron chi connectivity index (χ4n) is 3.68. The number of esters is 2. The highest BCUT2D eigenvalue weighted by molar-refractivity contribution is 5.77. The van der Waals surface area contributed by atoms with E-state index in [1.165, 1.54) is 12.1 Å². The van der Waals surface area contributed by atoms with Crippen LogP contribution in [0.4, 0.5) is 4.79 Å². The number of benzene rings is 1. The molecule has 0 saturated carbocycles. The number of carboxylic acids is 1. The van der Waals surface area contributed by atoms with Crippen molar-refractivity contribution in [3.63, 3.8) is 0 Å². The third-order valence-electron chi connectivity index (χ3n) is 6.27. The number of aliphatic carboxylic acids is 1. The summed E-state index contributed by atoms with van der Waals surface area (Å²) in [5.41, 5.74) is 6.48. The fourth-order valence-corrected chi connectivity index (χ4v) is 3.68. The van der Waals surface area contributed by atoms with Gasteiger partial charge in [-0.3, -0.25) is 14.4 Å². The molecule has 3 N–H and O–H groups in total. The maximum absolute atomic E-state index is 12.6. The molecule has 0 spiro atoms. The van der Waals surface area contributed by atoms with Crippen molar-refractivity contribution in [1.82, 2.24) is 0 Å². The Hall–Kier alpha value is -3.14. The normalized spacial score (nSPS) is 14.3. The van der Waals surface area contributed by atoms with Gasteiger partial charge in [-0.05, 0) is 61.6 Å².